The average molecular weight is 385 g/mol. The molecule has 4 rings (SSSR count). The summed E-state index contributed by atoms with van der Waals surface area (Å²) in [5, 5.41) is 21.8. The Balaban J connectivity index is 1.45. The summed E-state index contributed by atoms with van der Waals surface area (Å²) in [6, 6.07) is 18.8. The molecule has 142 valence electrons. The molecule has 2 heterocycles. The van der Waals surface area contributed by atoms with Crippen molar-refractivity contribution >= 4 is 12.1 Å². The molecule has 8 nitrogen and oxygen atoms in total. The Morgan fingerprint density at radius 3 is 2.48 bits per heavy atom. The number of pyridine rings is 1. The van der Waals surface area contributed by atoms with Crippen LogP contribution in [0, 0.1) is 0 Å². The van der Waals surface area contributed by atoms with Crippen LogP contribution in [0.4, 0.5) is 0 Å². The quantitative estimate of drug-likeness (QED) is 0.403. The lowest BCUT2D eigenvalue weighted by atomic mass is 10.1. The highest BCUT2D eigenvalue weighted by molar-refractivity contribution is 5.95. The summed E-state index contributed by atoms with van der Waals surface area (Å²) < 4.78 is 5.64. The second-order valence-corrected chi connectivity index (χ2v) is 5.96. The van der Waals surface area contributed by atoms with Gasteiger partial charge in [-0.05, 0) is 48.5 Å². The zero-order valence-electron chi connectivity index (χ0n) is 15.1. The van der Waals surface area contributed by atoms with Crippen molar-refractivity contribution in [1.82, 2.24) is 20.6 Å². The number of carbonyl (C=O) groups excluding carboxylic acids is 1. The monoisotopic (exact) mass is 385 g/mol. The Morgan fingerprint density at radius 1 is 0.966 bits per heavy atom. The standard InChI is InChI=1S/C21H15N5O3/c27-18-7-2-1-6-17(18)21-26-25-20(29-21)15-10-8-14(9-11-15)19(28)24-23-13-16-5-3-4-12-22-16/h1-13,27H,(H,24,28)/b23-13+. The van der Waals surface area contributed by atoms with Gasteiger partial charge in [0.15, 0.2) is 0 Å². The molecule has 4 aromatic rings. The fraction of sp³-hybridized carbons (Fsp3) is 0. The Labute approximate surface area is 165 Å². The number of aromatic hydroxyl groups is 1. The number of phenols is 1. The van der Waals surface area contributed by atoms with E-state index in [-0.39, 0.29) is 23.4 Å². The normalized spacial score (nSPS) is 10.9. The molecule has 1 amide bonds. The van der Waals surface area contributed by atoms with Crippen molar-refractivity contribution in [2.45, 2.75) is 0 Å². The predicted octanol–water partition coefficient (Wildman–Crippen LogP) is 3.27. The van der Waals surface area contributed by atoms with Crippen LogP contribution in [0.15, 0.2) is 82.4 Å². The Morgan fingerprint density at radius 2 is 1.72 bits per heavy atom. The lowest BCUT2D eigenvalue weighted by Crippen LogP contribution is -2.17. The van der Waals surface area contributed by atoms with Gasteiger partial charge in [-0.25, -0.2) is 5.43 Å². The van der Waals surface area contributed by atoms with Gasteiger partial charge in [-0.3, -0.25) is 9.78 Å². The van der Waals surface area contributed by atoms with Crippen molar-refractivity contribution in [2.24, 2.45) is 5.10 Å². The third kappa shape index (κ3) is 4.16. The van der Waals surface area contributed by atoms with E-state index in [1.807, 2.05) is 6.07 Å². The van der Waals surface area contributed by atoms with E-state index >= 15 is 0 Å². The molecule has 0 aliphatic heterocycles. The van der Waals surface area contributed by atoms with Crippen LogP contribution in [-0.4, -0.2) is 32.4 Å². The number of hydrazone groups is 1. The molecule has 0 saturated heterocycles. The van der Waals surface area contributed by atoms with E-state index in [2.05, 4.69) is 25.7 Å². The summed E-state index contributed by atoms with van der Waals surface area (Å²) in [6.45, 7) is 0. The van der Waals surface area contributed by atoms with Gasteiger partial charge in [0.1, 0.15) is 5.75 Å². The highest BCUT2D eigenvalue weighted by Gasteiger charge is 2.14. The number of para-hydroxylation sites is 1. The summed E-state index contributed by atoms with van der Waals surface area (Å²) in [6.07, 6.45) is 3.11. The number of amides is 1. The molecule has 0 fully saturated rings. The van der Waals surface area contributed by atoms with Crippen molar-refractivity contribution in [1.29, 1.82) is 0 Å². The van der Waals surface area contributed by atoms with E-state index < -0.39 is 0 Å². The van der Waals surface area contributed by atoms with E-state index in [1.54, 1.807) is 66.9 Å². The molecule has 2 aromatic carbocycles. The molecule has 2 N–H and O–H groups in total. The molecule has 29 heavy (non-hydrogen) atoms. The van der Waals surface area contributed by atoms with Gasteiger partial charge in [-0.15, -0.1) is 10.2 Å². The highest BCUT2D eigenvalue weighted by Crippen LogP contribution is 2.29. The van der Waals surface area contributed by atoms with Crippen LogP contribution in [0.3, 0.4) is 0 Å². The fourth-order valence-electron chi connectivity index (χ4n) is 2.54. The van der Waals surface area contributed by atoms with Crippen LogP contribution < -0.4 is 5.43 Å². The van der Waals surface area contributed by atoms with Gasteiger partial charge in [0.25, 0.3) is 11.8 Å². The second kappa shape index (κ2) is 8.13. The topological polar surface area (TPSA) is 114 Å². The van der Waals surface area contributed by atoms with Crippen molar-refractivity contribution in [3.05, 3.63) is 84.2 Å². The lowest BCUT2D eigenvalue weighted by molar-refractivity contribution is 0.0955. The average Bonchev–Trinajstić information content (AvgIpc) is 3.25. The van der Waals surface area contributed by atoms with E-state index in [1.165, 1.54) is 6.21 Å². The Hall–Kier alpha value is -4.33. The number of nitrogens with zero attached hydrogens (tertiary/aromatic N) is 4. The maximum atomic E-state index is 12.2. The smallest absolute Gasteiger partial charge is 0.271 e. The first-order valence-corrected chi connectivity index (χ1v) is 8.67. The van der Waals surface area contributed by atoms with Gasteiger partial charge in [0.05, 0.1) is 17.5 Å². The predicted molar refractivity (Wildman–Crippen MR) is 106 cm³/mol. The molecule has 0 aliphatic carbocycles. The second-order valence-electron chi connectivity index (χ2n) is 5.96. The molecule has 0 spiro atoms. The van der Waals surface area contributed by atoms with Crippen LogP contribution >= 0.6 is 0 Å². The Kier molecular flexibility index (Phi) is 5.06. The molecular weight excluding hydrogens is 370 g/mol. The summed E-state index contributed by atoms with van der Waals surface area (Å²) in [7, 11) is 0. The van der Waals surface area contributed by atoms with Crippen molar-refractivity contribution in [3.8, 4) is 28.7 Å². The summed E-state index contributed by atoms with van der Waals surface area (Å²) in [5.41, 5.74) is 4.61. The van der Waals surface area contributed by atoms with Crippen LogP contribution in [0.1, 0.15) is 16.1 Å². The van der Waals surface area contributed by atoms with Gasteiger partial charge in [-0.1, -0.05) is 18.2 Å². The van der Waals surface area contributed by atoms with Gasteiger partial charge in [-0.2, -0.15) is 5.10 Å². The molecule has 8 heteroatoms. The third-order valence-corrected chi connectivity index (χ3v) is 4.00. The first kappa shape index (κ1) is 18.1. The number of nitrogens with one attached hydrogen (secondary N) is 1. The Bertz CT molecular complexity index is 1150. The zero-order chi connectivity index (χ0) is 20.1. The zero-order valence-corrected chi connectivity index (χ0v) is 15.1. The summed E-state index contributed by atoms with van der Waals surface area (Å²) >= 11 is 0. The molecule has 0 saturated carbocycles. The van der Waals surface area contributed by atoms with E-state index in [9.17, 15) is 9.90 Å². The number of aromatic nitrogens is 3. The minimum absolute atomic E-state index is 0.0565. The van der Waals surface area contributed by atoms with Crippen molar-refractivity contribution < 1.29 is 14.3 Å². The molecule has 0 unspecified atom stereocenters. The number of rotatable bonds is 5. The minimum atomic E-state index is -0.357. The number of hydrogen-bond acceptors (Lipinski definition) is 7. The van der Waals surface area contributed by atoms with Crippen molar-refractivity contribution in [3.63, 3.8) is 0 Å². The third-order valence-electron chi connectivity index (χ3n) is 4.00. The molecule has 0 bridgehead atoms. The molecular formula is C21H15N5O3. The fourth-order valence-corrected chi connectivity index (χ4v) is 2.54. The first-order chi connectivity index (χ1) is 14.2. The van der Waals surface area contributed by atoms with Gasteiger partial charge < -0.3 is 9.52 Å². The number of phenolic OH excluding ortho intramolecular Hbond substituents is 1. The first-order valence-electron chi connectivity index (χ1n) is 8.67. The van der Waals surface area contributed by atoms with Crippen molar-refractivity contribution in [2.75, 3.05) is 0 Å². The highest BCUT2D eigenvalue weighted by atomic mass is 16.4. The van der Waals surface area contributed by atoms with Crippen LogP contribution in [0.2, 0.25) is 0 Å². The van der Waals surface area contributed by atoms with E-state index in [4.69, 9.17) is 4.42 Å². The maximum Gasteiger partial charge on any atom is 0.271 e. The van der Waals surface area contributed by atoms with Crippen LogP contribution in [0.25, 0.3) is 22.9 Å². The minimum Gasteiger partial charge on any atom is -0.507 e. The van der Waals surface area contributed by atoms with E-state index in [0.717, 1.165) is 0 Å². The van der Waals surface area contributed by atoms with Crippen LogP contribution in [0.5, 0.6) is 5.75 Å². The molecule has 0 radical (unpaired) electrons. The maximum absolute atomic E-state index is 12.2. The molecule has 0 atom stereocenters. The van der Waals surface area contributed by atoms with Crippen LogP contribution in [-0.2, 0) is 0 Å². The van der Waals surface area contributed by atoms with E-state index in [0.29, 0.717) is 22.4 Å². The van der Waals surface area contributed by atoms with Gasteiger partial charge in [0.2, 0.25) is 5.89 Å². The SMILES string of the molecule is O=C(N/N=C/c1ccccn1)c1ccc(-c2nnc(-c3ccccc3O)o2)cc1. The number of hydrogen-bond donors (Lipinski definition) is 2. The van der Waals surface area contributed by atoms with Gasteiger partial charge in [0, 0.05) is 17.3 Å². The van der Waals surface area contributed by atoms with Gasteiger partial charge >= 0.3 is 0 Å². The summed E-state index contributed by atoms with van der Waals surface area (Å²) in [4.78, 5) is 16.3. The lowest BCUT2D eigenvalue weighted by Gasteiger charge is -2.01. The molecule has 2 aromatic heterocycles. The summed E-state index contributed by atoms with van der Waals surface area (Å²) in [5.74, 6) is 0.192. The number of carbonyl (C=O) groups is 1. The largest absolute Gasteiger partial charge is 0.507 e. The number of benzene rings is 2. The molecule has 0 aliphatic rings.